The molecule has 1 fully saturated rings. The van der Waals surface area contributed by atoms with Gasteiger partial charge < -0.3 is 9.42 Å². The summed E-state index contributed by atoms with van der Waals surface area (Å²) in [6.07, 6.45) is 4.34. The van der Waals surface area contributed by atoms with Crippen LogP contribution in [0.15, 0.2) is 39.8 Å². The normalized spacial score (nSPS) is 18.9. The molecule has 124 valence electrons. The zero-order valence-electron chi connectivity index (χ0n) is 13.2. The molecule has 0 bridgehead atoms. The maximum Gasteiger partial charge on any atom is 0.258 e. The van der Waals surface area contributed by atoms with E-state index in [1.165, 1.54) is 0 Å². The van der Waals surface area contributed by atoms with E-state index in [0.29, 0.717) is 24.8 Å². The Kier molecular flexibility index (Phi) is 3.89. The van der Waals surface area contributed by atoms with Gasteiger partial charge in [-0.2, -0.15) is 21.4 Å². The van der Waals surface area contributed by atoms with Gasteiger partial charge in [0.05, 0.1) is 5.56 Å². The van der Waals surface area contributed by atoms with Crippen molar-refractivity contribution < 1.29 is 9.32 Å². The van der Waals surface area contributed by atoms with Crippen LogP contribution in [0.1, 0.15) is 31.1 Å². The molecule has 2 unspecified atom stereocenters. The Labute approximate surface area is 142 Å². The maximum atomic E-state index is 12.6. The molecule has 1 amide bonds. The van der Waals surface area contributed by atoms with E-state index in [2.05, 4.69) is 15.2 Å². The van der Waals surface area contributed by atoms with E-state index in [-0.39, 0.29) is 17.9 Å². The van der Waals surface area contributed by atoms with Crippen molar-refractivity contribution in [1.29, 1.82) is 0 Å². The zero-order chi connectivity index (χ0) is 16.5. The van der Waals surface area contributed by atoms with Gasteiger partial charge in [0.2, 0.25) is 5.91 Å². The van der Waals surface area contributed by atoms with Crippen molar-refractivity contribution >= 4 is 17.2 Å². The molecule has 0 saturated carbocycles. The lowest BCUT2D eigenvalue weighted by atomic mass is 10.1. The zero-order valence-corrected chi connectivity index (χ0v) is 14.0. The van der Waals surface area contributed by atoms with Gasteiger partial charge >= 0.3 is 0 Å². The Hall–Kier alpha value is -2.48. The number of thiophene rings is 1. The van der Waals surface area contributed by atoms with E-state index < -0.39 is 0 Å². The maximum absolute atomic E-state index is 12.6. The van der Waals surface area contributed by atoms with Gasteiger partial charge in [0.1, 0.15) is 6.04 Å². The number of nitrogens with zero attached hydrogens (tertiary/aromatic N) is 5. The number of rotatable bonds is 4. The first-order valence-corrected chi connectivity index (χ1v) is 8.81. The topological polar surface area (TPSA) is 77.0 Å². The van der Waals surface area contributed by atoms with Crippen LogP contribution in [0.4, 0.5) is 0 Å². The molecule has 3 aromatic heterocycles. The first-order valence-electron chi connectivity index (χ1n) is 7.86. The van der Waals surface area contributed by atoms with Crippen LogP contribution < -0.4 is 0 Å². The largest absolute Gasteiger partial charge is 0.340 e. The molecule has 3 aromatic rings. The van der Waals surface area contributed by atoms with E-state index in [4.69, 9.17) is 4.52 Å². The van der Waals surface area contributed by atoms with Crippen molar-refractivity contribution in [3.63, 3.8) is 0 Å². The fourth-order valence-electron chi connectivity index (χ4n) is 2.96. The summed E-state index contributed by atoms with van der Waals surface area (Å²) in [7, 11) is 0. The van der Waals surface area contributed by atoms with E-state index >= 15 is 0 Å². The van der Waals surface area contributed by atoms with Gasteiger partial charge in [0.15, 0.2) is 5.82 Å². The lowest BCUT2D eigenvalue weighted by Gasteiger charge is -2.20. The molecule has 2 atom stereocenters. The molecule has 7 nitrogen and oxygen atoms in total. The molecule has 8 heteroatoms. The van der Waals surface area contributed by atoms with Gasteiger partial charge in [-0.25, -0.2) is 0 Å². The molecular formula is C16H17N5O2S. The average Bonchev–Trinajstić information content (AvgIpc) is 3.40. The van der Waals surface area contributed by atoms with Crippen LogP contribution in [0.2, 0.25) is 0 Å². The van der Waals surface area contributed by atoms with Crippen molar-refractivity contribution in [3.05, 3.63) is 41.1 Å². The van der Waals surface area contributed by atoms with Gasteiger partial charge in [0.25, 0.3) is 5.89 Å². The fraction of sp³-hybridized carbons (Fsp3) is 0.375. The molecule has 4 rings (SSSR count). The monoisotopic (exact) mass is 343 g/mol. The average molecular weight is 343 g/mol. The second-order valence-electron chi connectivity index (χ2n) is 5.90. The van der Waals surface area contributed by atoms with Gasteiger partial charge in [-0.15, -0.1) is 0 Å². The second kappa shape index (κ2) is 6.20. The van der Waals surface area contributed by atoms with Crippen molar-refractivity contribution in [1.82, 2.24) is 24.8 Å². The predicted molar refractivity (Wildman–Crippen MR) is 88.5 cm³/mol. The van der Waals surface area contributed by atoms with Crippen molar-refractivity contribution in [2.24, 2.45) is 0 Å². The standard InChI is InChI=1S/C16H17N5O2S/c1-11(21-6-2-5-17-21)16(22)20-7-3-12(9-20)14-18-15(23-19-14)13-4-8-24-10-13/h2,4-6,8,10-12H,3,7,9H2,1H3. The second-order valence-corrected chi connectivity index (χ2v) is 6.68. The summed E-state index contributed by atoms with van der Waals surface area (Å²) >= 11 is 1.59. The molecular weight excluding hydrogens is 326 g/mol. The smallest absolute Gasteiger partial charge is 0.258 e. The summed E-state index contributed by atoms with van der Waals surface area (Å²) in [6, 6.07) is 3.48. The van der Waals surface area contributed by atoms with Gasteiger partial charge in [-0.3, -0.25) is 9.48 Å². The van der Waals surface area contributed by atoms with Crippen molar-refractivity contribution in [2.75, 3.05) is 13.1 Å². The molecule has 0 aliphatic carbocycles. The number of hydrogen-bond donors (Lipinski definition) is 0. The molecule has 4 heterocycles. The van der Waals surface area contributed by atoms with Crippen molar-refractivity contribution in [2.45, 2.75) is 25.3 Å². The highest BCUT2D eigenvalue weighted by atomic mass is 32.1. The molecule has 0 aromatic carbocycles. The fourth-order valence-corrected chi connectivity index (χ4v) is 3.59. The molecule has 24 heavy (non-hydrogen) atoms. The summed E-state index contributed by atoms with van der Waals surface area (Å²) in [6.45, 7) is 3.19. The van der Waals surface area contributed by atoms with Gasteiger partial charge in [0, 0.05) is 36.8 Å². The van der Waals surface area contributed by atoms with Crippen LogP contribution >= 0.6 is 11.3 Å². The molecule has 1 saturated heterocycles. The van der Waals surface area contributed by atoms with Crippen LogP contribution in [0.3, 0.4) is 0 Å². The predicted octanol–water partition coefficient (Wildman–Crippen LogP) is 2.57. The number of aromatic nitrogens is 4. The summed E-state index contributed by atoms with van der Waals surface area (Å²) < 4.78 is 7.03. The van der Waals surface area contributed by atoms with Gasteiger partial charge in [-0.1, -0.05) is 5.16 Å². The van der Waals surface area contributed by atoms with Crippen molar-refractivity contribution in [3.8, 4) is 11.5 Å². The molecule has 1 aliphatic rings. The molecule has 1 aliphatic heterocycles. The van der Waals surface area contributed by atoms with Crippen LogP contribution in [0.25, 0.3) is 11.5 Å². The first kappa shape index (κ1) is 15.1. The minimum absolute atomic E-state index is 0.0720. The quantitative estimate of drug-likeness (QED) is 0.727. The third-order valence-corrected chi connectivity index (χ3v) is 5.04. The summed E-state index contributed by atoms with van der Waals surface area (Å²) in [4.78, 5) is 19.0. The van der Waals surface area contributed by atoms with Crippen LogP contribution in [-0.2, 0) is 4.79 Å². The SMILES string of the molecule is CC(C(=O)N1CCC(c2noc(-c3ccsc3)n2)C1)n1cccn1. The van der Waals surface area contributed by atoms with E-state index in [9.17, 15) is 4.79 Å². The summed E-state index contributed by atoms with van der Waals surface area (Å²) in [5, 5.41) is 12.2. The molecule has 0 radical (unpaired) electrons. The lowest BCUT2D eigenvalue weighted by molar-refractivity contribution is -0.133. The third kappa shape index (κ3) is 2.73. The summed E-state index contributed by atoms with van der Waals surface area (Å²) in [5.41, 5.74) is 0.942. The lowest BCUT2D eigenvalue weighted by Crippen LogP contribution is -2.34. The minimum atomic E-state index is -0.301. The van der Waals surface area contributed by atoms with Crippen LogP contribution in [-0.4, -0.2) is 43.8 Å². The number of amides is 1. The summed E-state index contributed by atoms with van der Waals surface area (Å²) in [5.74, 6) is 1.41. The first-order chi connectivity index (χ1) is 11.7. The molecule has 0 spiro atoms. The number of carbonyl (C=O) groups is 1. The van der Waals surface area contributed by atoms with Crippen LogP contribution in [0.5, 0.6) is 0 Å². The van der Waals surface area contributed by atoms with E-state index in [1.807, 2.05) is 40.9 Å². The minimum Gasteiger partial charge on any atom is -0.340 e. The number of hydrogen-bond acceptors (Lipinski definition) is 6. The highest BCUT2D eigenvalue weighted by molar-refractivity contribution is 7.08. The Balaban J connectivity index is 1.44. The highest BCUT2D eigenvalue weighted by Gasteiger charge is 2.33. The van der Waals surface area contributed by atoms with E-state index in [0.717, 1.165) is 12.0 Å². The van der Waals surface area contributed by atoms with Gasteiger partial charge in [-0.05, 0) is 30.9 Å². The number of carbonyl (C=O) groups excluding carboxylic acids is 1. The Bertz CT molecular complexity index is 812. The Morgan fingerprint density at radius 3 is 3.17 bits per heavy atom. The third-order valence-electron chi connectivity index (χ3n) is 4.35. The van der Waals surface area contributed by atoms with E-state index in [1.54, 1.807) is 22.2 Å². The Morgan fingerprint density at radius 1 is 1.50 bits per heavy atom. The van der Waals surface area contributed by atoms with Crippen LogP contribution in [0, 0.1) is 0 Å². The Morgan fingerprint density at radius 2 is 2.42 bits per heavy atom. The number of likely N-dealkylation sites (tertiary alicyclic amines) is 1. The molecule has 0 N–H and O–H groups in total. The highest BCUT2D eigenvalue weighted by Crippen LogP contribution is 2.29.